The third-order valence-electron chi connectivity index (χ3n) is 4.92. The number of benzene rings is 1. The summed E-state index contributed by atoms with van der Waals surface area (Å²) in [6.07, 6.45) is 2.38. The van der Waals surface area contributed by atoms with Gasteiger partial charge < -0.3 is 15.5 Å². The normalized spacial score (nSPS) is 22.1. The van der Waals surface area contributed by atoms with E-state index in [1.165, 1.54) is 0 Å². The molecule has 5 heteroatoms. The van der Waals surface area contributed by atoms with Crippen molar-refractivity contribution in [3.8, 4) is 0 Å². The molecule has 0 saturated heterocycles. The molecule has 0 heterocycles. The highest BCUT2D eigenvalue weighted by Crippen LogP contribution is 2.26. The highest BCUT2D eigenvalue weighted by molar-refractivity contribution is 6.48. The van der Waals surface area contributed by atoms with Crippen LogP contribution in [0.2, 0.25) is 0 Å². The van der Waals surface area contributed by atoms with Crippen molar-refractivity contribution in [1.29, 1.82) is 5.41 Å². The molecule has 1 saturated carbocycles. The van der Waals surface area contributed by atoms with Gasteiger partial charge in [-0.1, -0.05) is 37.3 Å². The van der Waals surface area contributed by atoms with E-state index < -0.39 is 23.4 Å². The Morgan fingerprint density at radius 3 is 2.33 bits per heavy atom. The number of amides is 1. The van der Waals surface area contributed by atoms with Gasteiger partial charge in [0.15, 0.2) is 0 Å². The Bertz CT molecular complexity index is 679. The molecule has 2 rings (SSSR count). The zero-order chi connectivity index (χ0) is 20.2. The first-order valence-corrected chi connectivity index (χ1v) is 9.75. The van der Waals surface area contributed by atoms with Crippen LogP contribution in [0.15, 0.2) is 30.3 Å². The molecule has 0 spiro atoms. The second kappa shape index (κ2) is 8.79. The SMILES string of the molecule is CC1CCC(NC(=O)[C@@H](C(=N)C(=O)c2ccccc2)C(C)OC(C)(C)C)C1. The summed E-state index contributed by atoms with van der Waals surface area (Å²) in [6, 6.07) is 8.77. The number of rotatable bonds is 7. The summed E-state index contributed by atoms with van der Waals surface area (Å²) in [5, 5.41) is 11.5. The number of ketones is 1. The van der Waals surface area contributed by atoms with Gasteiger partial charge in [-0.15, -0.1) is 0 Å². The van der Waals surface area contributed by atoms with Crippen LogP contribution in [-0.2, 0) is 9.53 Å². The number of hydrogen-bond donors (Lipinski definition) is 2. The minimum Gasteiger partial charge on any atom is -0.372 e. The van der Waals surface area contributed by atoms with Crippen LogP contribution in [0.1, 0.15) is 64.2 Å². The Morgan fingerprint density at radius 2 is 1.81 bits per heavy atom. The molecule has 0 radical (unpaired) electrons. The molecule has 1 aliphatic rings. The Hall–Kier alpha value is -2.01. The van der Waals surface area contributed by atoms with Gasteiger partial charge in [-0.2, -0.15) is 0 Å². The van der Waals surface area contributed by atoms with Gasteiger partial charge in [-0.25, -0.2) is 0 Å². The fourth-order valence-corrected chi connectivity index (χ4v) is 3.72. The largest absolute Gasteiger partial charge is 0.372 e. The standard InChI is InChI=1S/C22H32N2O3/c1-14-11-12-17(13-14)24-21(26)18(15(2)27-22(3,4)5)19(23)20(25)16-9-7-6-8-10-16/h6-10,14-15,17-18,23H,11-13H2,1-5H3,(H,24,26)/t14?,15?,17?,18-/m1/s1. The highest BCUT2D eigenvalue weighted by atomic mass is 16.5. The second-order valence-electron chi connectivity index (χ2n) is 8.65. The van der Waals surface area contributed by atoms with Gasteiger partial charge in [0.1, 0.15) is 5.92 Å². The average Bonchev–Trinajstić information content (AvgIpc) is 2.98. The molecule has 5 nitrogen and oxygen atoms in total. The lowest BCUT2D eigenvalue weighted by molar-refractivity contribution is -0.131. The summed E-state index contributed by atoms with van der Waals surface area (Å²) in [4.78, 5) is 25.8. The molecule has 148 valence electrons. The molecular weight excluding hydrogens is 340 g/mol. The fraction of sp³-hybridized carbons (Fsp3) is 0.591. The Balaban J connectivity index is 2.21. The summed E-state index contributed by atoms with van der Waals surface area (Å²) < 4.78 is 5.96. The van der Waals surface area contributed by atoms with E-state index in [9.17, 15) is 9.59 Å². The molecule has 1 amide bonds. The number of Topliss-reactive ketones (excluding diaryl/α,β-unsaturated/α-hetero) is 1. The first kappa shape index (κ1) is 21.3. The molecule has 27 heavy (non-hydrogen) atoms. The van der Waals surface area contributed by atoms with E-state index in [1.54, 1.807) is 31.2 Å². The first-order chi connectivity index (χ1) is 12.6. The van der Waals surface area contributed by atoms with Crippen molar-refractivity contribution in [2.24, 2.45) is 11.8 Å². The number of ether oxygens (including phenoxy) is 1. The van der Waals surface area contributed by atoms with Crippen LogP contribution >= 0.6 is 0 Å². The maximum atomic E-state index is 13.0. The van der Waals surface area contributed by atoms with Crippen LogP contribution < -0.4 is 5.32 Å². The van der Waals surface area contributed by atoms with Gasteiger partial charge >= 0.3 is 0 Å². The highest BCUT2D eigenvalue weighted by Gasteiger charge is 2.37. The summed E-state index contributed by atoms with van der Waals surface area (Å²) >= 11 is 0. The average molecular weight is 373 g/mol. The predicted octanol–water partition coefficient (Wildman–Crippen LogP) is 4.01. The van der Waals surface area contributed by atoms with Crippen LogP contribution in [0.5, 0.6) is 0 Å². The van der Waals surface area contributed by atoms with Crippen LogP contribution in [0.4, 0.5) is 0 Å². The van der Waals surface area contributed by atoms with Gasteiger partial charge in [-0.05, 0) is 52.9 Å². The smallest absolute Gasteiger partial charge is 0.232 e. The monoisotopic (exact) mass is 372 g/mol. The maximum absolute atomic E-state index is 13.0. The minimum atomic E-state index is -0.937. The van der Waals surface area contributed by atoms with E-state index in [0.29, 0.717) is 11.5 Å². The van der Waals surface area contributed by atoms with E-state index in [4.69, 9.17) is 10.1 Å². The van der Waals surface area contributed by atoms with Crippen molar-refractivity contribution in [3.63, 3.8) is 0 Å². The fourth-order valence-electron chi connectivity index (χ4n) is 3.72. The molecule has 4 atom stereocenters. The van der Waals surface area contributed by atoms with E-state index in [0.717, 1.165) is 19.3 Å². The summed E-state index contributed by atoms with van der Waals surface area (Å²) in [5.74, 6) is -1.07. The summed E-state index contributed by atoms with van der Waals surface area (Å²) in [5.41, 5.74) is -0.283. The third-order valence-corrected chi connectivity index (χ3v) is 4.92. The van der Waals surface area contributed by atoms with Crippen molar-refractivity contribution < 1.29 is 14.3 Å². The van der Waals surface area contributed by atoms with E-state index in [1.807, 2.05) is 26.8 Å². The molecule has 1 aliphatic carbocycles. The van der Waals surface area contributed by atoms with Gasteiger partial charge in [0.25, 0.3) is 0 Å². The second-order valence-corrected chi connectivity index (χ2v) is 8.65. The van der Waals surface area contributed by atoms with Gasteiger partial charge in [0.05, 0.1) is 17.4 Å². The lowest BCUT2D eigenvalue weighted by Crippen LogP contribution is -2.48. The molecule has 0 aromatic heterocycles. The van der Waals surface area contributed by atoms with E-state index in [2.05, 4.69) is 12.2 Å². The maximum Gasteiger partial charge on any atom is 0.232 e. The Labute approximate surface area is 162 Å². The molecule has 0 aliphatic heterocycles. The molecule has 1 aromatic carbocycles. The van der Waals surface area contributed by atoms with Gasteiger partial charge in [-0.3, -0.25) is 9.59 Å². The van der Waals surface area contributed by atoms with Gasteiger partial charge in [0.2, 0.25) is 11.7 Å². The topological polar surface area (TPSA) is 79.3 Å². The minimum absolute atomic E-state index is 0.108. The number of carbonyl (C=O) groups excluding carboxylic acids is 2. The van der Waals surface area contributed by atoms with Crippen molar-refractivity contribution in [1.82, 2.24) is 5.32 Å². The summed E-state index contributed by atoms with van der Waals surface area (Å²) in [7, 11) is 0. The van der Waals surface area contributed by atoms with Crippen LogP contribution in [0.3, 0.4) is 0 Å². The van der Waals surface area contributed by atoms with Crippen LogP contribution in [0.25, 0.3) is 0 Å². The predicted molar refractivity (Wildman–Crippen MR) is 107 cm³/mol. The Kier molecular flexibility index (Phi) is 6.93. The van der Waals surface area contributed by atoms with Crippen molar-refractivity contribution in [2.75, 3.05) is 0 Å². The van der Waals surface area contributed by atoms with Crippen LogP contribution in [-0.4, -0.2) is 35.1 Å². The van der Waals surface area contributed by atoms with Crippen molar-refractivity contribution >= 4 is 17.4 Å². The molecular formula is C22H32N2O3. The zero-order valence-electron chi connectivity index (χ0n) is 17.0. The lowest BCUT2D eigenvalue weighted by atomic mass is 9.90. The van der Waals surface area contributed by atoms with E-state index >= 15 is 0 Å². The van der Waals surface area contributed by atoms with E-state index in [-0.39, 0.29) is 17.7 Å². The number of nitrogens with one attached hydrogen (secondary N) is 2. The van der Waals surface area contributed by atoms with Gasteiger partial charge in [0, 0.05) is 11.6 Å². The third kappa shape index (κ3) is 5.99. The zero-order valence-corrected chi connectivity index (χ0v) is 17.0. The number of carbonyl (C=O) groups is 2. The van der Waals surface area contributed by atoms with Crippen molar-refractivity contribution in [3.05, 3.63) is 35.9 Å². The number of hydrogen-bond acceptors (Lipinski definition) is 4. The molecule has 2 N–H and O–H groups in total. The molecule has 3 unspecified atom stereocenters. The quantitative estimate of drug-likeness (QED) is 0.560. The molecule has 0 bridgehead atoms. The summed E-state index contributed by atoms with van der Waals surface area (Å²) in [6.45, 7) is 9.65. The van der Waals surface area contributed by atoms with Crippen molar-refractivity contribution in [2.45, 2.75) is 71.6 Å². The first-order valence-electron chi connectivity index (χ1n) is 9.75. The van der Waals surface area contributed by atoms with Crippen LogP contribution in [0, 0.1) is 17.2 Å². The molecule has 1 aromatic rings. The Morgan fingerprint density at radius 1 is 1.19 bits per heavy atom. The molecule has 1 fully saturated rings. The lowest BCUT2D eigenvalue weighted by Gasteiger charge is -2.31.